The lowest BCUT2D eigenvalue weighted by Gasteiger charge is -2.29. The molecule has 0 aliphatic heterocycles. The highest BCUT2D eigenvalue weighted by atomic mass is 16.3. The maximum Gasteiger partial charge on any atom is 0.191 e. The third-order valence-corrected chi connectivity index (χ3v) is 4.66. The number of aliphatic imine (C=N–C) groups is 1. The van der Waals surface area contributed by atoms with Gasteiger partial charge >= 0.3 is 0 Å². The second-order valence-corrected chi connectivity index (χ2v) is 6.21. The van der Waals surface area contributed by atoms with E-state index in [-0.39, 0.29) is 12.0 Å². The van der Waals surface area contributed by atoms with Crippen LogP contribution >= 0.6 is 0 Å². The van der Waals surface area contributed by atoms with Gasteiger partial charge in [0.2, 0.25) is 0 Å². The smallest absolute Gasteiger partial charge is 0.191 e. The number of rotatable bonds is 12. The molecule has 24 heavy (non-hydrogen) atoms. The first-order valence-electron chi connectivity index (χ1n) is 9.15. The van der Waals surface area contributed by atoms with E-state index in [9.17, 15) is 5.11 Å². The number of aliphatic hydroxyl groups is 1. The highest BCUT2D eigenvalue weighted by Gasteiger charge is 2.25. The van der Waals surface area contributed by atoms with Gasteiger partial charge in [-0.3, -0.25) is 4.99 Å². The third-order valence-electron chi connectivity index (χ3n) is 4.66. The summed E-state index contributed by atoms with van der Waals surface area (Å²) in [6.07, 6.45) is 8.50. The minimum atomic E-state index is 0.103. The molecule has 1 heterocycles. The standard InChI is InChI=1S/C17H34N6O/c1-4-17(5-2,9-12-24)13-20-16(18-6-3)19-10-7-8-11-23-14-21-22-15-23/h14-15,24H,4-13H2,1-3H3,(H2,18,19,20). The second kappa shape index (κ2) is 11.8. The number of nitrogens with zero attached hydrogens (tertiary/aromatic N) is 4. The summed E-state index contributed by atoms with van der Waals surface area (Å²) in [6, 6.07) is 0. The number of hydrogen-bond donors (Lipinski definition) is 3. The van der Waals surface area contributed by atoms with E-state index in [1.165, 1.54) is 0 Å². The SMILES string of the molecule is CCNC(=NCC(CC)(CC)CCO)NCCCCn1cnnc1. The summed E-state index contributed by atoms with van der Waals surface area (Å²) in [5.41, 5.74) is 0.103. The predicted molar refractivity (Wildman–Crippen MR) is 98.0 cm³/mol. The van der Waals surface area contributed by atoms with Gasteiger partial charge in [0, 0.05) is 32.8 Å². The van der Waals surface area contributed by atoms with Crippen LogP contribution in [0.15, 0.2) is 17.6 Å². The van der Waals surface area contributed by atoms with Gasteiger partial charge in [0.1, 0.15) is 12.7 Å². The molecule has 3 N–H and O–H groups in total. The topological polar surface area (TPSA) is 87.4 Å². The van der Waals surface area contributed by atoms with Crippen molar-refractivity contribution in [2.75, 3.05) is 26.2 Å². The van der Waals surface area contributed by atoms with Crippen molar-refractivity contribution < 1.29 is 5.11 Å². The number of aliphatic hydroxyl groups excluding tert-OH is 1. The average molecular weight is 338 g/mol. The lowest BCUT2D eigenvalue weighted by Crippen LogP contribution is -2.39. The fourth-order valence-electron chi connectivity index (χ4n) is 2.70. The van der Waals surface area contributed by atoms with Crippen molar-refractivity contribution in [1.82, 2.24) is 25.4 Å². The lowest BCUT2D eigenvalue weighted by atomic mass is 9.79. The molecule has 0 bridgehead atoms. The Labute approximate surface area is 146 Å². The number of unbranched alkanes of at least 4 members (excludes halogenated alkanes) is 1. The van der Waals surface area contributed by atoms with Gasteiger partial charge in [0.05, 0.1) is 0 Å². The molecule has 0 saturated heterocycles. The van der Waals surface area contributed by atoms with Crippen LogP contribution < -0.4 is 10.6 Å². The van der Waals surface area contributed by atoms with Gasteiger partial charge in [-0.25, -0.2) is 0 Å². The highest BCUT2D eigenvalue weighted by molar-refractivity contribution is 5.79. The van der Waals surface area contributed by atoms with E-state index in [4.69, 9.17) is 4.99 Å². The Balaban J connectivity index is 2.40. The molecule has 0 fully saturated rings. The van der Waals surface area contributed by atoms with E-state index in [1.54, 1.807) is 12.7 Å². The van der Waals surface area contributed by atoms with E-state index in [0.717, 1.165) is 64.2 Å². The summed E-state index contributed by atoms with van der Waals surface area (Å²) in [4.78, 5) is 4.75. The normalized spacial score (nSPS) is 12.4. The zero-order valence-corrected chi connectivity index (χ0v) is 15.5. The van der Waals surface area contributed by atoms with E-state index < -0.39 is 0 Å². The van der Waals surface area contributed by atoms with E-state index >= 15 is 0 Å². The van der Waals surface area contributed by atoms with Crippen molar-refractivity contribution in [1.29, 1.82) is 0 Å². The third kappa shape index (κ3) is 7.29. The Bertz CT molecular complexity index is 442. The Morgan fingerprint density at radius 1 is 1.12 bits per heavy atom. The Morgan fingerprint density at radius 3 is 2.42 bits per heavy atom. The van der Waals surface area contributed by atoms with Crippen LogP contribution in [0.5, 0.6) is 0 Å². The number of hydrogen-bond acceptors (Lipinski definition) is 4. The number of nitrogens with one attached hydrogen (secondary N) is 2. The number of guanidine groups is 1. The van der Waals surface area contributed by atoms with Crippen molar-refractivity contribution in [2.24, 2.45) is 10.4 Å². The largest absolute Gasteiger partial charge is 0.396 e. The van der Waals surface area contributed by atoms with Gasteiger partial charge in [-0.1, -0.05) is 13.8 Å². The molecule has 0 aliphatic carbocycles. The van der Waals surface area contributed by atoms with Gasteiger partial charge < -0.3 is 20.3 Å². The maximum atomic E-state index is 9.32. The predicted octanol–water partition coefficient (Wildman–Crippen LogP) is 1.80. The molecule has 0 spiro atoms. The molecule has 138 valence electrons. The van der Waals surface area contributed by atoms with Crippen LogP contribution in [0.25, 0.3) is 0 Å². The van der Waals surface area contributed by atoms with Gasteiger partial charge in [0.25, 0.3) is 0 Å². The van der Waals surface area contributed by atoms with Gasteiger partial charge in [0.15, 0.2) is 5.96 Å². The fourth-order valence-corrected chi connectivity index (χ4v) is 2.70. The van der Waals surface area contributed by atoms with E-state index in [1.807, 2.05) is 4.57 Å². The molecule has 0 unspecified atom stereocenters. The van der Waals surface area contributed by atoms with Crippen LogP contribution in [0.2, 0.25) is 0 Å². The highest BCUT2D eigenvalue weighted by Crippen LogP contribution is 2.30. The van der Waals surface area contributed by atoms with Gasteiger partial charge in [-0.05, 0) is 44.4 Å². The minimum Gasteiger partial charge on any atom is -0.396 e. The number of aryl methyl sites for hydroxylation is 1. The Hall–Kier alpha value is -1.63. The first kappa shape index (κ1) is 20.4. The first-order chi connectivity index (χ1) is 11.7. The summed E-state index contributed by atoms with van der Waals surface area (Å²) in [7, 11) is 0. The Kier molecular flexibility index (Phi) is 10.1. The maximum absolute atomic E-state index is 9.32. The zero-order valence-electron chi connectivity index (χ0n) is 15.5. The average Bonchev–Trinajstić information content (AvgIpc) is 3.11. The summed E-state index contributed by atoms with van der Waals surface area (Å²) < 4.78 is 1.99. The molecule has 7 nitrogen and oxygen atoms in total. The molecular weight excluding hydrogens is 304 g/mol. The van der Waals surface area contributed by atoms with E-state index in [0.29, 0.717) is 0 Å². The molecule has 1 rings (SSSR count). The molecule has 1 aromatic heterocycles. The quantitative estimate of drug-likeness (QED) is 0.307. The van der Waals surface area contributed by atoms with Crippen LogP contribution in [0, 0.1) is 5.41 Å². The molecule has 0 atom stereocenters. The molecule has 0 aliphatic rings. The fraction of sp³-hybridized carbons (Fsp3) is 0.824. The Morgan fingerprint density at radius 2 is 1.83 bits per heavy atom. The van der Waals surface area contributed by atoms with Crippen molar-refractivity contribution >= 4 is 5.96 Å². The second-order valence-electron chi connectivity index (χ2n) is 6.21. The molecule has 0 saturated carbocycles. The molecular formula is C17H34N6O. The van der Waals surface area contributed by atoms with Crippen LogP contribution in [0.3, 0.4) is 0 Å². The van der Waals surface area contributed by atoms with Crippen molar-refractivity contribution in [3.8, 4) is 0 Å². The molecule has 0 amide bonds. The summed E-state index contributed by atoms with van der Waals surface area (Å²) in [5.74, 6) is 0.867. The van der Waals surface area contributed by atoms with Crippen molar-refractivity contribution in [3.05, 3.63) is 12.7 Å². The summed E-state index contributed by atoms with van der Waals surface area (Å²) >= 11 is 0. The summed E-state index contributed by atoms with van der Waals surface area (Å²) in [5, 5.41) is 23.6. The minimum absolute atomic E-state index is 0.103. The monoisotopic (exact) mass is 338 g/mol. The van der Waals surface area contributed by atoms with Gasteiger partial charge in [-0.15, -0.1) is 10.2 Å². The van der Waals surface area contributed by atoms with Crippen LogP contribution in [0.1, 0.15) is 52.9 Å². The van der Waals surface area contributed by atoms with E-state index in [2.05, 4.69) is 41.6 Å². The van der Waals surface area contributed by atoms with Crippen LogP contribution in [-0.4, -0.2) is 52.1 Å². The molecule has 0 aromatic carbocycles. The summed E-state index contributed by atoms with van der Waals surface area (Å²) in [6.45, 7) is 10.1. The first-order valence-corrected chi connectivity index (χ1v) is 9.15. The number of aromatic nitrogens is 3. The molecule has 7 heteroatoms. The molecule has 1 aromatic rings. The molecule has 0 radical (unpaired) electrons. The lowest BCUT2D eigenvalue weighted by molar-refractivity contribution is 0.175. The van der Waals surface area contributed by atoms with Gasteiger partial charge in [-0.2, -0.15) is 0 Å². The van der Waals surface area contributed by atoms with Crippen molar-refractivity contribution in [3.63, 3.8) is 0 Å². The van der Waals surface area contributed by atoms with Crippen LogP contribution in [-0.2, 0) is 6.54 Å². The van der Waals surface area contributed by atoms with Crippen molar-refractivity contribution in [2.45, 2.75) is 59.4 Å². The van der Waals surface area contributed by atoms with Crippen LogP contribution in [0.4, 0.5) is 0 Å². The zero-order chi connectivity index (χ0) is 17.7.